The van der Waals surface area contributed by atoms with Gasteiger partial charge in [0.1, 0.15) is 11.3 Å². The second kappa shape index (κ2) is 5.46. The van der Waals surface area contributed by atoms with E-state index in [-0.39, 0.29) is 5.91 Å². The molecule has 1 aliphatic heterocycles. The smallest absolute Gasteiger partial charge is 0.230 e. The van der Waals surface area contributed by atoms with Crippen molar-refractivity contribution >= 4 is 28.5 Å². The molecule has 1 aliphatic rings. The summed E-state index contributed by atoms with van der Waals surface area (Å²) in [5.41, 5.74) is 1.79. The van der Waals surface area contributed by atoms with Crippen molar-refractivity contribution in [1.29, 1.82) is 0 Å². The number of furan rings is 1. The number of hydrogen-bond donors (Lipinski definition) is 1. The van der Waals surface area contributed by atoms with Gasteiger partial charge in [0.2, 0.25) is 5.91 Å². The van der Waals surface area contributed by atoms with Gasteiger partial charge in [-0.2, -0.15) is 0 Å². The number of amides is 1. The van der Waals surface area contributed by atoms with E-state index in [1.165, 1.54) is 0 Å². The molecule has 0 saturated carbocycles. The standard InChI is InChI=1S/C15H17ClN2O2/c1-10-12-8-11(16)2-3-13(12)20-14(10)9-15(19)18-6-4-17-5-7-18/h2-3,8,17H,4-7,9H2,1H3. The molecule has 0 bridgehead atoms. The van der Waals surface area contributed by atoms with E-state index in [1.54, 1.807) is 6.07 Å². The number of rotatable bonds is 2. The Balaban J connectivity index is 1.83. The lowest BCUT2D eigenvalue weighted by atomic mass is 10.1. The molecule has 0 spiro atoms. The van der Waals surface area contributed by atoms with Crippen LogP contribution in [0.4, 0.5) is 0 Å². The van der Waals surface area contributed by atoms with E-state index in [9.17, 15) is 4.79 Å². The lowest BCUT2D eigenvalue weighted by molar-refractivity contribution is -0.131. The molecule has 2 aromatic rings. The lowest BCUT2D eigenvalue weighted by Gasteiger charge is -2.27. The van der Waals surface area contributed by atoms with Crippen molar-refractivity contribution in [3.63, 3.8) is 0 Å². The van der Waals surface area contributed by atoms with Crippen LogP contribution in [0.5, 0.6) is 0 Å². The fourth-order valence-corrected chi connectivity index (χ4v) is 2.75. The van der Waals surface area contributed by atoms with E-state index < -0.39 is 0 Å². The molecule has 1 aromatic carbocycles. The molecule has 20 heavy (non-hydrogen) atoms. The van der Waals surface area contributed by atoms with Crippen molar-refractivity contribution in [2.45, 2.75) is 13.3 Å². The van der Waals surface area contributed by atoms with Gasteiger partial charge in [-0.3, -0.25) is 4.79 Å². The largest absolute Gasteiger partial charge is 0.460 e. The van der Waals surface area contributed by atoms with Gasteiger partial charge in [-0.15, -0.1) is 0 Å². The molecule has 4 nitrogen and oxygen atoms in total. The molecular formula is C15H17ClN2O2. The van der Waals surface area contributed by atoms with Gasteiger partial charge in [-0.05, 0) is 30.7 Å². The SMILES string of the molecule is Cc1c(CC(=O)N2CCNCC2)oc2ccc(Cl)cc12. The molecule has 1 amide bonds. The van der Waals surface area contributed by atoms with Crippen molar-refractivity contribution < 1.29 is 9.21 Å². The molecule has 2 heterocycles. The summed E-state index contributed by atoms with van der Waals surface area (Å²) < 4.78 is 5.79. The third-order valence-corrected chi connectivity index (χ3v) is 4.01. The van der Waals surface area contributed by atoms with Crippen LogP contribution in [0.3, 0.4) is 0 Å². The Morgan fingerprint density at radius 1 is 1.40 bits per heavy atom. The minimum absolute atomic E-state index is 0.125. The van der Waals surface area contributed by atoms with Crippen LogP contribution in [0.1, 0.15) is 11.3 Å². The van der Waals surface area contributed by atoms with Crippen molar-refractivity contribution in [2.75, 3.05) is 26.2 Å². The summed E-state index contributed by atoms with van der Waals surface area (Å²) in [4.78, 5) is 14.2. The lowest BCUT2D eigenvalue weighted by Crippen LogP contribution is -2.46. The maximum Gasteiger partial charge on any atom is 0.230 e. The Labute approximate surface area is 122 Å². The Morgan fingerprint density at radius 3 is 2.90 bits per heavy atom. The van der Waals surface area contributed by atoms with E-state index >= 15 is 0 Å². The average Bonchev–Trinajstić information content (AvgIpc) is 2.76. The van der Waals surface area contributed by atoms with Gasteiger partial charge in [0.25, 0.3) is 0 Å². The van der Waals surface area contributed by atoms with Gasteiger partial charge < -0.3 is 14.6 Å². The van der Waals surface area contributed by atoms with Crippen LogP contribution in [0, 0.1) is 6.92 Å². The first-order valence-corrected chi connectivity index (χ1v) is 7.19. The van der Waals surface area contributed by atoms with Crippen LogP contribution >= 0.6 is 11.6 Å². The summed E-state index contributed by atoms with van der Waals surface area (Å²) in [6.07, 6.45) is 0.318. The quantitative estimate of drug-likeness (QED) is 0.924. The molecule has 3 rings (SSSR count). The highest BCUT2D eigenvalue weighted by Gasteiger charge is 2.20. The molecule has 0 aliphatic carbocycles. The highest BCUT2D eigenvalue weighted by Crippen LogP contribution is 2.28. The van der Waals surface area contributed by atoms with Crippen LogP contribution in [-0.4, -0.2) is 37.0 Å². The summed E-state index contributed by atoms with van der Waals surface area (Å²) in [6.45, 7) is 5.23. The molecular weight excluding hydrogens is 276 g/mol. The topological polar surface area (TPSA) is 45.5 Å². The minimum atomic E-state index is 0.125. The number of carbonyl (C=O) groups excluding carboxylic acids is 1. The summed E-state index contributed by atoms with van der Waals surface area (Å²) in [5, 5.41) is 4.91. The third-order valence-electron chi connectivity index (χ3n) is 3.78. The monoisotopic (exact) mass is 292 g/mol. The maximum absolute atomic E-state index is 12.3. The highest BCUT2D eigenvalue weighted by molar-refractivity contribution is 6.31. The number of aryl methyl sites for hydroxylation is 1. The van der Waals surface area contributed by atoms with E-state index in [1.807, 2.05) is 24.0 Å². The first kappa shape index (κ1) is 13.5. The fourth-order valence-electron chi connectivity index (χ4n) is 2.58. The van der Waals surface area contributed by atoms with E-state index in [0.29, 0.717) is 11.4 Å². The van der Waals surface area contributed by atoms with E-state index in [0.717, 1.165) is 48.5 Å². The number of nitrogens with zero attached hydrogens (tertiary/aromatic N) is 1. The number of nitrogens with one attached hydrogen (secondary N) is 1. The van der Waals surface area contributed by atoms with E-state index in [4.69, 9.17) is 16.0 Å². The number of piperazine rings is 1. The van der Waals surface area contributed by atoms with Crippen LogP contribution in [0.2, 0.25) is 5.02 Å². The number of halogens is 1. The van der Waals surface area contributed by atoms with Crippen molar-refractivity contribution in [2.24, 2.45) is 0 Å². The Bertz CT molecular complexity index is 645. The first-order chi connectivity index (χ1) is 9.65. The molecule has 5 heteroatoms. The minimum Gasteiger partial charge on any atom is -0.460 e. The van der Waals surface area contributed by atoms with Crippen molar-refractivity contribution in [3.8, 4) is 0 Å². The summed E-state index contributed by atoms with van der Waals surface area (Å²) in [5.74, 6) is 0.866. The zero-order valence-corrected chi connectivity index (χ0v) is 12.2. The second-order valence-electron chi connectivity index (χ2n) is 5.10. The van der Waals surface area contributed by atoms with Crippen LogP contribution < -0.4 is 5.32 Å². The Morgan fingerprint density at radius 2 is 2.15 bits per heavy atom. The van der Waals surface area contributed by atoms with Gasteiger partial charge in [-0.25, -0.2) is 0 Å². The van der Waals surface area contributed by atoms with Gasteiger partial charge >= 0.3 is 0 Å². The van der Waals surface area contributed by atoms with Crippen molar-refractivity contribution in [1.82, 2.24) is 10.2 Å². The number of fused-ring (bicyclic) bond motifs is 1. The molecule has 1 saturated heterocycles. The zero-order valence-electron chi connectivity index (χ0n) is 11.4. The zero-order chi connectivity index (χ0) is 14.1. The van der Waals surface area contributed by atoms with Gasteiger partial charge in [0, 0.05) is 36.6 Å². The average molecular weight is 293 g/mol. The summed E-state index contributed by atoms with van der Waals surface area (Å²) >= 11 is 6.00. The number of hydrogen-bond acceptors (Lipinski definition) is 3. The Kier molecular flexibility index (Phi) is 3.68. The fraction of sp³-hybridized carbons (Fsp3) is 0.400. The normalized spacial score (nSPS) is 15.8. The van der Waals surface area contributed by atoms with Gasteiger partial charge in [0.05, 0.1) is 6.42 Å². The molecule has 0 atom stereocenters. The van der Waals surface area contributed by atoms with Crippen molar-refractivity contribution in [3.05, 3.63) is 34.5 Å². The molecule has 1 fully saturated rings. The molecule has 0 radical (unpaired) electrons. The molecule has 1 N–H and O–H groups in total. The molecule has 106 valence electrons. The highest BCUT2D eigenvalue weighted by atomic mass is 35.5. The van der Waals surface area contributed by atoms with Crippen LogP contribution in [-0.2, 0) is 11.2 Å². The van der Waals surface area contributed by atoms with E-state index in [2.05, 4.69) is 5.32 Å². The molecule has 1 aromatic heterocycles. The van der Waals surface area contributed by atoms with Crippen LogP contribution in [0.25, 0.3) is 11.0 Å². The first-order valence-electron chi connectivity index (χ1n) is 6.81. The number of benzene rings is 1. The third kappa shape index (κ3) is 2.53. The predicted molar refractivity (Wildman–Crippen MR) is 79.1 cm³/mol. The summed E-state index contributed by atoms with van der Waals surface area (Å²) in [7, 11) is 0. The van der Waals surface area contributed by atoms with Gasteiger partial charge in [-0.1, -0.05) is 11.6 Å². The predicted octanol–water partition coefficient (Wildman–Crippen LogP) is 2.37. The van der Waals surface area contributed by atoms with Gasteiger partial charge in [0.15, 0.2) is 0 Å². The molecule has 0 unspecified atom stereocenters. The second-order valence-corrected chi connectivity index (χ2v) is 5.53. The number of carbonyl (C=O) groups is 1. The Hall–Kier alpha value is -1.52. The maximum atomic E-state index is 12.3. The van der Waals surface area contributed by atoms with Crippen LogP contribution in [0.15, 0.2) is 22.6 Å². The summed E-state index contributed by atoms with van der Waals surface area (Å²) in [6, 6.07) is 5.53.